The van der Waals surface area contributed by atoms with Crippen molar-refractivity contribution >= 4 is 15.9 Å². The molecule has 1 aromatic heterocycles. The molecule has 3 nitrogen and oxygen atoms in total. The summed E-state index contributed by atoms with van der Waals surface area (Å²) in [5.41, 5.74) is 7.45. The van der Waals surface area contributed by atoms with E-state index in [1.165, 1.54) is 6.07 Å². The minimum atomic E-state index is -0.302. The Kier molecular flexibility index (Phi) is 2.83. The molecule has 3 N–H and O–H groups in total. The first-order valence-corrected chi connectivity index (χ1v) is 5.19. The Labute approximate surface area is 94.6 Å². The molecule has 0 unspecified atom stereocenters. The SMILES string of the molecule is NCc1cn[nH]c1-c1ccc(Br)cc1F. The molecule has 15 heavy (non-hydrogen) atoms. The van der Waals surface area contributed by atoms with Gasteiger partial charge < -0.3 is 5.73 Å². The van der Waals surface area contributed by atoms with E-state index in [1.54, 1.807) is 18.3 Å². The average molecular weight is 270 g/mol. The molecule has 0 atom stereocenters. The van der Waals surface area contributed by atoms with Crippen molar-refractivity contribution in [2.45, 2.75) is 6.54 Å². The van der Waals surface area contributed by atoms with E-state index in [1.807, 2.05) is 0 Å². The van der Waals surface area contributed by atoms with E-state index in [9.17, 15) is 4.39 Å². The molecular weight excluding hydrogens is 261 g/mol. The number of H-pyrrole nitrogens is 1. The fraction of sp³-hybridized carbons (Fsp3) is 0.100. The van der Waals surface area contributed by atoms with Gasteiger partial charge in [-0.3, -0.25) is 5.10 Å². The molecule has 0 aliphatic rings. The van der Waals surface area contributed by atoms with E-state index in [4.69, 9.17) is 5.73 Å². The van der Waals surface area contributed by atoms with Crippen molar-refractivity contribution in [2.24, 2.45) is 5.73 Å². The zero-order valence-electron chi connectivity index (χ0n) is 7.80. The molecule has 2 aromatic rings. The van der Waals surface area contributed by atoms with Crippen LogP contribution in [0, 0.1) is 5.82 Å². The van der Waals surface area contributed by atoms with Crippen LogP contribution in [0.15, 0.2) is 28.9 Å². The Balaban J connectivity index is 2.54. The van der Waals surface area contributed by atoms with Crippen LogP contribution in [-0.2, 0) is 6.54 Å². The number of nitrogens with two attached hydrogens (primary N) is 1. The lowest BCUT2D eigenvalue weighted by Crippen LogP contribution is -1.97. The van der Waals surface area contributed by atoms with Crippen molar-refractivity contribution in [1.82, 2.24) is 10.2 Å². The maximum Gasteiger partial charge on any atom is 0.133 e. The number of nitrogens with one attached hydrogen (secondary N) is 1. The number of hydrogen-bond donors (Lipinski definition) is 2. The van der Waals surface area contributed by atoms with Crippen molar-refractivity contribution in [3.8, 4) is 11.3 Å². The minimum Gasteiger partial charge on any atom is -0.326 e. The van der Waals surface area contributed by atoms with Crippen LogP contribution in [0.3, 0.4) is 0 Å². The summed E-state index contributed by atoms with van der Waals surface area (Å²) in [4.78, 5) is 0. The van der Waals surface area contributed by atoms with Crippen molar-refractivity contribution in [2.75, 3.05) is 0 Å². The van der Waals surface area contributed by atoms with Crippen LogP contribution in [0.1, 0.15) is 5.56 Å². The second-order valence-corrected chi connectivity index (χ2v) is 4.01. The van der Waals surface area contributed by atoms with E-state index >= 15 is 0 Å². The van der Waals surface area contributed by atoms with Crippen LogP contribution in [0.2, 0.25) is 0 Å². The fourth-order valence-corrected chi connectivity index (χ4v) is 1.72. The molecular formula is C10H9BrFN3. The quantitative estimate of drug-likeness (QED) is 0.880. The van der Waals surface area contributed by atoms with E-state index in [0.29, 0.717) is 22.3 Å². The summed E-state index contributed by atoms with van der Waals surface area (Å²) in [5, 5.41) is 6.60. The van der Waals surface area contributed by atoms with Gasteiger partial charge in [-0.15, -0.1) is 0 Å². The summed E-state index contributed by atoms with van der Waals surface area (Å²) in [6, 6.07) is 4.88. The third-order valence-corrected chi connectivity index (χ3v) is 2.63. The second-order valence-electron chi connectivity index (χ2n) is 3.10. The van der Waals surface area contributed by atoms with Crippen molar-refractivity contribution in [1.29, 1.82) is 0 Å². The number of aromatic amines is 1. The van der Waals surface area contributed by atoms with Crippen LogP contribution < -0.4 is 5.73 Å². The van der Waals surface area contributed by atoms with Crippen molar-refractivity contribution < 1.29 is 4.39 Å². The molecule has 2 rings (SSSR count). The summed E-state index contributed by atoms with van der Waals surface area (Å²) >= 11 is 3.20. The van der Waals surface area contributed by atoms with E-state index in [-0.39, 0.29) is 5.82 Å². The largest absolute Gasteiger partial charge is 0.326 e. The Bertz CT molecular complexity index is 481. The molecule has 1 heterocycles. The molecule has 1 aromatic carbocycles. The lowest BCUT2D eigenvalue weighted by Gasteiger charge is -2.03. The van der Waals surface area contributed by atoms with Gasteiger partial charge in [-0.25, -0.2) is 4.39 Å². The molecule has 0 radical (unpaired) electrons. The summed E-state index contributed by atoms with van der Waals surface area (Å²) in [5.74, 6) is -0.302. The third kappa shape index (κ3) is 1.93. The van der Waals surface area contributed by atoms with Gasteiger partial charge in [0, 0.05) is 22.1 Å². The number of benzene rings is 1. The zero-order chi connectivity index (χ0) is 10.8. The molecule has 0 amide bonds. The predicted octanol–water partition coefficient (Wildman–Crippen LogP) is 2.44. The molecule has 0 spiro atoms. The molecule has 5 heteroatoms. The highest BCUT2D eigenvalue weighted by atomic mass is 79.9. The van der Waals surface area contributed by atoms with Crippen LogP contribution in [0.4, 0.5) is 4.39 Å². The van der Waals surface area contributed by atoms with Gasteiger partial charge in [-0.1, -0.05) is 15.9 Å². The molecule has 0 bridgehead atoms. The highest BCUT2D eigenvalue weighted by Gasteiger charge is 2.10. The molecule has 0 fully saturated rings. The van der Waals surface area contributed by atoms with E-state index < -0.39 is 0 Å². The first-order valence-electron chi connectivity index (χ1n) is 4.40. The Morgan fingerprint density at radius 2 is 2.27 bits per heavy atom. The van der Waals surface area contributed by atoms with Crippen molar-refractivity contribution in [3.63, 3.8) is 0 Å². The summed E-state index contributed by atoms with van der Waals surface area (Å²) in [6.07, 6.45) is 1.61. The number of aromatic nitrogens is 2. The van der Waals surface area contributed by atoms with Gasteiger partial charge in [-0.2, -0.15) is 5.10 Å². The smallest absolute Gasteiger partial charge is 0.133 e. The van der Waals surface area contributed by atoms with Crippen LogP contribution in [-0.4, -0.2) is 10.2 Å². The van der Waals surface area contributed by atoms with Crippen molar-refractivity contribution in [3.05, 3.63) is 40.2 Å². The lowest BCUT2D eigenvalue weighted by atomic mass is 10.1. The molecule has 78 valence electrons. The molecule has 0 aliphatic carbocycles. The molecule has 0 saturated heterocycles. The maximum atomic E-state index is 13.6. The van der Waals surface area contributed by atoms with Gasteiger partial charge >= 0.3 is 0 Å². The zero-order valence-corrected chi connectivity index (χ0v) is 9.38. The van der Waals surface area contributed by atoms with Gasteiger partial charge in [0.05, 0.1) is 11.9 Å². The number of hydrogen-bond acceptors (Lipinski definition) is 2. The van der Waals surface area contributed by atoms with Crippen LogP contribution in [0.5, 0.6) is 0 Å². The number of rotatable bonds is 2. The Hall–Kier alpha value is -1.20. The third-order valence-electron chi connectivity index (χ3n) is 2.14. The van der Waals surface area contributed by atoms with Gasteiger partial charge in [0.1, 0.15) is 5.82 Å². The lowest BCUT2D eigenvalue weighted by molar-refractivity contribution is 0.629. The standard InChI is InChI=1S/C10H9BrFN3/c11-7-1-2-8(9(12)3-7)10-6(4-13)5-14-15-10/h1-3,5H,4,13H2,(H,14,15). The second kappa shape index (κ2) is 4.12. The van der Waals surface area contributed by atoms with Gasteiger partial charge in [0.25, 0.3) is 0 Å². The van der Waals surface area contributed by atoms with E-state index in [0.717, 1.165) is 5.56 Å². The first-order chi connectivity index (χ1) is 7.22. The summed E-state index contributed by atoms with van der Waals surface area (Å²) in [6.45, 7) is 0.335. The number of nitrogens with zero attached hydrogens (tertiary/aromatic N) is 1. The molecule has 0 saturated carbocycles. The Morgan fingerprint density at radius 3 is 2.93 bits per heavy atom. The van der Waals surface area contributed by atoms with Crippen LogP contribution >= 0.6 is 15.9 Å². The summed E-state index contributed by atoms with van der Waals surface area (Å²) < 4.78 is 14.3. The van der Waals surface area contributed by atoms with E-state index in [2.05, 4.69) is 26.1 Å². The minimum absolute atomic E-state index is 0.302. The normalized spacial score (nSPS) is 10.6. The first kappa shape index (κ1) is 10.3. The van der Waals surface area contributed by atoms with Gasteiger partial charge in [0.2, 0.25) is 0 Å². The topological polar surface area (TPSA) is 54.7 Å². The maximum absolute atomic E-state index is 13.6. The highest BCUT2D eigenvalue weighted by molar-refractivity contribution is 9.10. The molecule has 0 aliphatic heterocycles. The van der Waals surface area contributed by atoms with Gasteiger partial charge in [-0.05, 0) is 18.2 Å². The highest BCUT2D eigenvalue weighted by Crippen LogP contribution is 2.26. The van der Waals surface area contributed by atoms with Gasteiger partial charge in [0.15, 0.2) is 0 Å². The average Bonchev–Trinajstić information content (AvgIpc) is 2.65. The summed E-state index contributed by atoms with van der Waals surface area (Å²) in [7, 11) is 0. The van der Waals surface area contributed by atoms with Crippen LogP contribution in [0.25, 0.3) is 11.3 Å². The fourth-order valence-electron chi connectivity index (χ4n) is 1.39. The monoisotopic (exact) mass is 269 g/mol. The Morgan fingerprint density at radius 1 is 1.47 bits per heavy atom. The number of halogens is 2. The predicted molar refractivity (Wildman–Crippen MR) is 59.6 cm³/mol.